The minimum atomic E-state index is -0.144. The number of rotatable bonds is 2. The number of hydrogen-bond donors (Lipinski definition) is 2. The summed E-state index contributed by atoms with van der Waals surface area (Å²) < 4.78 is 1.64. The normalized spacial score (nSPS) is 25.0. The lowest BCUT2D eigenvalue weighted by Gasteiger charge is -2.26. The SMILES string of the molecule is OC1CCC(Nc2cncc3nnnn23)CC1. The van der Waals surface area contributed by atoms with Gasteiger partial charge >= 0.3 is 0 Å². The quantitative estimate of drug-likeness (QED) is 0.773. The summed E-state index contributed by atoms with van der Waals surface area (Å²) in [5.74, 6) is 0.800. The van der Waals surface area contributed by atoms with Gasteiger partial charge in [-0.25, -0.2) is 0 Å². The van der Waals surface area contributed by atoms with Crippen LogP contribution in [-0.2, 0) is 0 Å². The zero-order chi connectivity index (χ0) is 11.7. The van der Waals surface area contributed by atoms with Crippen LogP contribution in [0.3, 0.4) is 0 Å². The van der Waals surface area contributed by atoms with Crippen molar-refractivity contribution in [2.75, 3.05) is 5.32 Å². The van der Waals surface area contributed by atoms with Gasteiger partial charge < -0.3 is 10.4 Å². The number of nitrogens with one attached hydrogen (secondary N) is 1. The molecular formula is C10H14N6O. The third kappa shape index (κ3) is 2.05. The van der Waals surface area contributed by atoms with E-state index in [-0.39, 0.29) is 6.10 Å². The van der Waals surface area contributed by atoms with Gasteiger partial charge in [-0.05, 0) is 36.1 Å². The summed E-state index contributed by atoms with van der Waals surface area (Å²) in [5, 5.41) is 24.2. The molecule has 17 heavy (non-hydrogen) atoms. The predicted molar refractivity (Wildman–Crippen MR) is 60.5 cm³/mol. The first-order valence-corrected chi connectivity index (χ1v) is 5.79. The molecule has 2 N–H and O–H groups in total. The highest BCUT2D eigenvalue weighted by Gasteiger charge is 2.20. The molecule has 1 fully saturated rings. The maximum Gasteiger partial charge on any atom is 0.199 e. The first-order chi connectivity index (χ1) is 8.33. The highest BCUT2D eigenvalue weighted by molar-refractivity contribution is 5.44. The molecule has 0 amide bonds. The van der Waals surface area contributed by atoms with Gasteiger partial charge in [0.25, 0.3) is 0 Å². The summed E-state index contributed by atoms with van der Waals surface area (Å²) in [7, 11) is 0. The summed E-state index contributed by atoms with van der Waals surface area (Å²) in [6, 6.07) is 0.356. The van der Waals surface area contributed by atoms with Crippen molar-refractivity contribution in [2.45, 2.75) is 37.8 Å². The van der Waals surface area contributed by atoms with Crippen LogP contribution in [0, 0.1) is 0 Å². The van der Waals surface area contributed by atoms with E-state index in [1.807, 2.05) is 0 Å². The molecule has 7 nitrogen and oxygen atoms in total. The Kier molecular flexibility index (Phi) is 2.60. The number of aromatic nitrogens is 5. The van der Waals surface area contributed by atoms with E-state index in [1.54, 1.807) is 16.9 Å². The van der Waals surface area contributed by atoms with Gasteiger partial charge in [0, 0.05) is 6.04 Å². The average Bonchev–Trinajstić information content (AvgIpc) is 2.81. The number of fused-ring (bicyclic) bond motifs is 1. The molecule has 0 aliphatic heterocycles. The third-order valence-corrected chi connectivity index (χ3v) is 3.16. The van der Waals surface area contributed by atoms with Crippen LogP contribution in [-0.4, -0.2) is 42.3 Å². The van der Waals surface area contributed by atoms with Crippen molar-refractivity contribution in [1.82, 2.24) is 25.0 Å². The number of aliphatic hydroxyl groups excluding tert-OH is 1. The van der Waals surface area contributed by atoms with E-state index in [2.05, 4.69) is 25.8 Å². The maximum absolute atomic E-state index is 9.45. The molecule has 1 aliphatic carbocycles. The fourth-order valence-corrected chi connectivity index (χ4v) is 2.20. The Morgan fingerprint density at radius 2 is 2.06 bits per heavy atom. The fraction of sp³-hybridized carbons (Fsp3) is 0.600. The van der Waals surface area contributed by atoms with Gasteiger partial charge in [-0.3, -0.25) is 4.98 Å². The van der Waals surface area contributed by atoms with Crippen molar-refractivity contribution >= 4 is 11.5 Å². The Bertz CT molecular complexity index is 504. The molecule has 0 spiro atoms. The van der Waals surface area contributed by atoms with Crippen molar-refractivity contribution < 1.29 is 5.11 Å². The number of anilines is 1. The molecule has 7 heteroatoms. The van der Waals surface area contributed by atoms with Crippen LogP contribution in [0.25, 0.3) is 5.65 Å². The van der Waals surface area contributed by atoms with Crippen LogP contribution in [0.2, 0.25) is 0 Å². The van der Waals surface area contributed by atoms with E-state index in [1.165, 1.54) is 0 Å². The average molecular weight is 234 g/mol. The summed E-state index contributed by atoms with van der Waals surface area (Å²) in [6.07, 6.45) is 6.80. The lowest BCUT2D eigenvalue weighted by molar-refractivity contribution is 0.126. The Labute approximate surface area is 97.9 Å². The Balaban J connectivity index is 1.78. The smallest absolute Gasteiger partial charge is 0.199 e. The second-order valence-electron chi connectivity index (χ2n) is 4.39. The van der Waals surface area contributed by atoms with E-state index < -0.39 is 0 Å². The van der Waals surface area contributed by atoms with E-state index in [0.29, 0.717) is 11.7 Å². The number of nitrogens with zero attached hydrogens (tertiary/aromatic N) is 5. The highest BCUT2D eigenvalue weighted by atomic mass is 16.3. The van der Waals surface area contributed by atoms with E-state index in [0.717, 1.165) is 31.5 Å². The van der Waals surface area contributed by atoms with Gasteiger partial charge in [0.05, 0.1) is 18.5 Å². The van der Waals surface area contributed by atoms with Gasteiger partial charge in [0.1, 0.15) is 0 Å². The van der Waals surface area contributed by atoms with Crippen LogP contribution >= 0.6 is 0 Å². The standard InChI is InChI=1S/C10H14N6O/c17-8-3-1-7(2-4-8)12-9-5-11-6-10-13-14-15-16(9)10/h5-8,12,17H,1-4H2. The first-order valence-electron chi connectivity index (χ1n) is 5.79. The van der Waals surface area contributed by atoms with Crippen LogP contribution < -0.4 is 5.32 Å². The Hall–Kier alpha value is -1.76. The van der Waals surface area contributed by atoms with Crippen LogP contribution in [0.1, 0.15) is 25.7 Å². The molecule has 0 saturated heterocycles. The minimum Gasteiger partial charge on any atom is -0.393 e. The van der Waals surface area contributed by atoms with E-state index in [4.69, 9.17) is 0 Å². The Morgan fingerprint density at radius 1 is 1.24 bits per heavy atom. The van der Waals surface area contributed by atoms with Crippen LogP contribution in [0.4, 0.5) is 5.82 Å². The van der Waals surface area contributed by atoms with E-state index >= 15 is 0 Å². The van der Waals surface area contributed by atoms with Crippen molar-refractivity contribution in [1.29, 1.82) is 0 Å². The number of hydrogen-bond acceptors (Lipinski definition) is 6. The van der Waals surface area contributed by atoms with E-state index in [9.17, 15) is 5.11 Å². The monoisotopic (exact) mass is 234 g/mol. The van der Waals surface area contributed by atoms with Gasteiger partial charge in [0.15, 0.2) is 11.5 Å². The molecule has 0 bridgehead atoms. The highest BCUT2D eigenvalue weighted by Crippen LogP contribution is 2.21. The number of aliphatic hydroxyl groups is 1. The van der Waals surface area contributed by atoms with Crippen molar-refractivity contribution in [2.24, 2.45) is 0 Å². The van der Waals surface area contributed by atoms with Gasteiger partial charge in [0.2, 0.25) is 0 Å². The molecule has 0 unspecified atom stereocenters. The predicted octanol–water partition coefficient (Wildman–Crippen LogP) is 0.235. The van der Waals surface area contributed by atoms with Crippen LogP contribution in [0.15, 0.2) is 12.4 Å². The topological polar surface area (TPSA) is 88.2 Å². The number of tetrazole rings is 1. The fourth-order valence-electron chi connectivity index (χ4n) is 2.20. The van der Waals surface area contributed by atoms with Gasteiger partial charge in [-0.2, -0.15) is 4.52 Å². The largest absolute Gasteiger partial charge is 0.393 e. The molecule has 2 aromatic rings. The van der Waals surface area contributed by atoms with Gasteiger partial charge in [-0.1, -0.05) is 0 Å². The summed E-state index contributed by atoms with van der Waals surface area (Å²) in [4.78, 5) is 4.09. The summed E-state index contributed by atoms with van der Waals surface area (Å²) in [6.45, 7) is 0. The molecule has 0 aromatic carbocycles. The van der Waals surface area contributed by atoms with Crippen molar-refractivity contribution in [3.63, 3.8) is 0 Å². The molecule has 3 rings (SSSR count). The second kappa shape index (κ2) is 4.25. The Morgan fingerprint density at radius 3 is 2.88 bits per heavy atom. The minimum absolute atomic E-state index is 0.144. The molecule has 1 saturated carbocycles. The molecule has 1 aliphatic rings. The van der Waals surface area contributed by atoms with Crippen molar-refractivity contribution in [3.8, 4) is 0 Å². The maximum atomic E-state index is 9.45. The zero-order valence-electron chi connectivity index (χ0n) is 9.32. The van der Waals surface area contributed by atoms with Crippen molar-refractivity contribution in [3.05, 3.63) is 12.4 Å². The molecule has 90 valence electrons. The third-order valence-electron chi connectivity index (χ3n) is 3.16. The van der Waals surface area contributed by atoms with Gasteiger partial charge in [-0.15, -0.1) is 5.10 Å². The molecule has 0 atom stereocenters. The summed E-state index contributed by atoms with van der Waals surface area (Å²) >= 11 is 0. The molecular weight excluding hydrogens is 220 g/mol. The lowest BCUT2D eigenvalue weighted by atomic mass is 9.93. The zero-order valence-corrected chi connectivity index (χ0v) is 9.32. The lowest BCUT2D eigenvalue weighted by Crippen LogP contribution is -2.29. The molecule has 2 aromatic heterocycles. The first kappa shape index (κ1) is 10.4. The van der Waals surface area contributed by atoms with Crippen LogP contribution in [0.5, 0.6) is 0 Å². The second-order valence-corrected chi connectivity index (χ2v) is 4.39. The molecule has 2 heterocycles. The molecule has 0 radical (unpaired) electrons. The summed E-state index contributed by atoms with van der Waals surface area (Å²) in [5.41, 5.74) is 0.630.